The summed E-state index contributed by atoms with van der Waals surface area (Å²) in [5, 5.41) is 25.9. The number of aliphatic hydroxyl groups is 2. The van der Waals surface area contributed by atoms with Gasteiger partial charge in [-0.15, -0.1) is 0 Å². The van der Waals surface area contributed by atoms with E-state index in [9.17, 15) is 4.79 Å². The van der Waals surface area contributed by atoms with Gasteiger partial charge in [0.05, 0.1) is 12.2 Å². The molecule has 0 amide bonds. The van der Waals surface area contributed by atoms with Crippen LogP contribution >= 0.6 is 0 Å². The Morgan fingerprint density at radius 1 is 1.36 bits per heavy atom. The zero-order valence-corrected chi connectivity index (χ0v) is 6.37. The normalized spacial score (nSPS) is 12.5. The second-order valence-corrected chi connectivity index (χ2v) is 2.14. The maximum absolute atomic E-state index is 10.3. The molecule has 0 aliphatic heterocycles. The molecule has 0 aromatic carbocycles. The maximum Gasteiger partial charge on any atom is 0.337 e. The molecule has 4 nitrogen and oxygen atoms in total. The van der Waals surface area contributed by atoms with Crippen molar-refractivity contribution in [2.24, 2.45) is 0 Å². The van der Waals surface area contributed by atoms with E-state index in [0.29, 0.717) is 12.8 Å². The Morgan fingerprint density at radius 2 is 1.91 bits per heavy atom. The Labute approximate surface area is 64.8 Å². The number of carbonyl (C=O) groups is 1. The molecule has 11 heavy (non-hydrogen) atoms. The van der Waals surface area contributed by atoms with Gasteiger partial charge in [-0.05, 0) is 6.42 Å². The van der Waals surface area contributed by atoms with E-state index >= 15 is 0 Å². The van der Waals surface area contributed by atoms with E-state index < -0.39 is 12.6 Å². The lowest BCUT2D eigenvalue weighted by atomic mass is 10.2. The van der Waals surface area contributed by atoms with Crippen LogP contribution in [0.25, 0.3) is 0 Å². The second kappa shape index (κ2) is 4.73. The molecule has 0 aromatic rings. The van der Waals surface area contributed by atoms with E-state index in [0.717, 1.165) is 0 Å². The number of hydrogen-bond acceptors (Lipinski definition) is 3. The summed E-state index contributed by atoms with van der Waals surface area (Å²) in [6.07, 6.45) is 0.949. The zero-order chi connectivity index (χ0) is 8.85. The molecule has 3 N–H and O–H groups in total. The molecule has 0 aromatic heterocycles. The van der Waals surface area contributed by atoms with Crippen molar-refractivity contribution in [1.82, 2.24) is 0 Å². The summed E-state index contributed by atoms with van der Waals surface area (Å²) in [4.78, 5) is 10.3. The predicted molar refractivity (Wildman–Crippen MR) is 39.3 cm³/mol. The van der Waals surface area contributed by atoms with Crippen molar-refractivity contribution >= 4 is 5.97 Å². The highest BCUT2D eigenvalue weighted by Crippen LogP contribution is 2.07. The van der Waals surface area contributed by atoms with Gasteiger partial charge < -0.3 is 15.3 Å². The Kier molecular flexibility index (Phi) is 4.29. The first-order chi connectivity index (χ1) is 5.13. The molecule has 0 rings (SSSR count). The standard InChI is InChI=1S/C7H12O4/c1-2-3-6(9)5(4-8)7(10)11/h8-9H,2-4H2,1H3,(H,10,11). The average Bonchev–Trinajstić information content (AvgIpc) is 1.88. The first-order valence-corrected chi connectivity index (χ1v) is 3.38. The number of allylic oxidation sites excluding steroid dienone is 1. The number of aliphatic hydroxyl groups excluding tert-OH is 2. The Bertz CT molecular complexity index is 171. The van der Waals surface area contributed by atoms with Crippen molar-refractivity contribution in [2.75, 3.05) is 6.61 Å². The topological polar surface area (TPSA) is 77.8 Å². The van der Waals surface area contributed by atoms with Crippen LogP contribution in [0.2, 0.25) is 0 Å². The highest BCUT2D eigenvalue weighted by atomic mass is 16.4. The van der Waals surface area contributed by atoms with E-state index in [4.69, 9.17) is 15.3 Å². The van der Waals surface area contributed by atoms with Crippen LogP contribution in [0.1, 0.15) is 19.8 Å². The molecule has 0 saturated heterocycles. The van der Waals surface area contributed by atoms with Gasteiger partial charge in [0.1, 0.15) is 5.76 Å². The van der Waals surface area contributed by atoms with Crippen molar-refractivity contribution < 1.29 is 20.1 Å². The molecular formula is C7H12O4. The van der Waals surface area contributed by atoms with Crippen LogP contribution in [0.3, 0.4) is 0 Å². The minimum absolute atomic E-state index is 0.234. The molecule has 0 atom stereocenters. The van der Waals surface area contributed by atoms with Crippen LogP contribution in [-0.4, -0.2) is 27.9 Å². The van der Waals surface area contributed by atoms with Crippen molar-refractivity contribution in [3.63, 3.8) is 0 Å². The van der Waals surface area contributed by atoms with Gasteiger partial charge in [0.15, 0.2) is 0 Å². The van der Waals surface area contributed by atoms with Crippen molar-refractivity contribution in [2.45, 2.75) is 19.8 Å². The molecular weight excluding hydrogens is 148 g/mol. The van der Waals surface area contributed by atoms with Crippen molar-refractivity contribution in [1.29, 1.82) is 0 Å². The Balaban J connectivity index is 4.40. The van der Waals surface area contributed by atoms with Crippen LogP contribution in [0, 0.1) is 0 Å². The molecule has 4 heteroatoms. The summed E-state index contributed by atoms with van der Waals surface area (Å²) in [5.74, 6) is -1.50. The Morgan fingerprint density at radius 3 is 2.18 bits per heavy atom. The monoisotopic (exact) mass is 160 g/mol. The first-order valence-electron chi connectivity index (χ1n) is 3.38. The number of carboxylic acid groups (broad SMARTS) is 1. The summed E-state index contributed by atoms with van der Waals surface area (Å²) >= 11 is 0. The molecule has 0 aliphatic carbocycles. The summed E-state index contributed by atoms with van der Waals surface area (Å²) < 4.78 is 0. The van der Waals surface area contributed by atoms with Gasteiger partial charge in [0, 0.05) is 6.42 Å². The number of hydrogen-bond donors (Lipinski definition) is 3. The molecule has 0 bridgehead atoms. The third kappa shape index (κ3) is 3.04. The molecule has 0 unspecified atom stereocenters. The predicted octanol–water partition coefficient (Wildman–Crippen LogP) is 0.675. The van der Waals surface area contributed by atoms with Crippen LogP contribution in [0.5, 0.6) is 0 Å². The lowest BCUT2D eigenvalue weighted by molar-refractivity contribution is -0.133. The summed E-state index contributed by atoms with van der Waals surface area (Å²) in [6, 6.07) is 0. The molecule has 64 valence electrons. The second-order valence-electron chi connectivity index (χ2n) is 2.14. The highest BCUT2D eigenvalue weighted by molar-refractivity contribution is 5.87. The van der Waals surface area contributed by atoms with Crippen LogP contribution in [-0.2, 0) is 4.79 Å². The first kappa shape index (κ1) is 9.97. The molecule has 0 saturated carbocycles. The number of carboxylic acids is 1. The molecule has 0 radical (unpaired) electrons. The molecule has 0 fully saturated rings. The number of aliphatic carboxylic acids is 1. The number of rotatable bonds is 4. The Hall–Kier alpha value is -1.03. The summed E-state index contributed by atoms with van der Waals surface area (Å²) in [5.41, 5.74) is -0.313. The van der Waals surface area contributed by atoms with Crippen LogP contribution < -0.4 is 0 Å². The third-order valence-corrected chi connectivity index (χ3v) is 1.25. The van der Waals surface area contributed by atoms with Gasteiger partial charge in [0.25, 0.3) is 0 Å². The summed E-state index contributed by atoms with van der Waals surface area (Å²) in [7, 11) is 0. The zero-order valence-electron chi connectivity index (χ0n) is 6.37. The fourth-order valence-corrected chi connectivity index (χ4v) is 0.670. The average molecular weight is 160 g/mol. The lowest BCUT2D eigenvalue weighted by Crippen LogP contribution is -2.08. The third-order valence-electron chi connectivity index (χ3n) is 1.25. The minimum Gasteiger partial charge on any atom is -0.512 e. The van der Waals surface area contributed by atoms with E-state index in [2.05, 4.69) is 0 Å². The van der Waals surface area contributed by atoms with Crippen LogP contribution in [0.15, 0.2) is 11.3 Å². The largest absolute Gasteiger partial charge is 0.512 e. The van der Waals surface area contributed by atoms with E-state index in [1.807, 2.05) is 6.92 Å². The van der Waals surface area contributed by atoms with E-state index in [-0.39, 0.29) is 11.3 Å². The van der Waals surface area contributed by atoms with Gasteiger partial charge >= 0.3 is 5.97 Å². The van der Waals surface area contributed by atoms with Gasteiger partial charge in [-0.3, -0.25) is 0 Å². The fraction of sp³-hybridized carbons (Fsp3) is 0.571. The van der Waals surface area contributed by atoms with Crippen molar-refractivity contribution in [3.8, 4) is 0 Å². The van der Waals surface area contributed by atoms with Gasteiger partial charge in [-0.25, -0.2) is 4.79 Å². The van der Waals surface area contributed by atoms with Gasteiger partial charge in [0.2, 0.25) is 0 Å². The molecule has 0 heterocycles. The van der Waals surface area contributed by atoms with Crippen molar-refractivity contribution in [3.05, 3.63) is 11.3 Å². The lowest BCUT2D eigenvalue weighted by Gasteiger charge is -2.01. The minimum atomic E-state index is -1.27. The van der Waals surface area contributed by atoms with Crippen LogP contribution in [0.4, 0.5) is 0 Å². The quantitative estimate of drug-likeness (QED) is 0.417. The highest BCUT2D eigenvalue weighted by Gasteiger charge is 2.11. The fourth-order valence-electron chi connectivity index (χ4n) is 0.670. The molecule has 0 aliphatic rings. The maximum atomic E-state index is 10.3. The molecule has 0 spiro atoms. The van der Waals surface area contributed by atoms with E-state index in [1.165, 1.54) is 0 Å². The van der Waals surface area contributed by atoms with Gasteiger partial charge in [-0.1, -0.05) is 6.92 Å². The SMILES string of the molecule is CCCC(O)=C(CO)C(=O)O. The van der Waals surface area contributed by atoms with Gasteiger partial charge in [-0.2, -0.15) is 0 Å². The van der Waals surface area contributed by atoms with E-state index in [1.54, 1.807) is 0 Å². The smallest absolute Gasteiger partial charge is 0.337 e. The summed E-state index contributed by atoms with van der Waals surface area (Å²) in [6.45, 7) is 1.19.